The topological polar surface area (TPSA) is 227 Å². The first-order chi connectivity index (χ1) is 21.7. The van der Waals surface area contributed by atoms with Gasteiger partial charge in [0.1, 0.15) is 31.0 Å². The summed E-state index contributed by atoms with van der Waals surface area (Å²) in [5, 5.41) is 51.0. The van der Waals surface area contributed by atoms with Crippen LogP contribution in [0.3, 0.4) is 0 Å². The summed E-state index contributed by atoms with van der Waals surface area (Å²) in [5.74, 6) is -1.68. The van der Waals surface area contributed by atoms with E-state index in [1.165, 1.54) is 6.07 Å². The fourth-order valence-electron chi connectivity index (χ4n) is 5.64. The molecule has 0 bridgehead atoms. The summed E-state index contributed by atoms with van der Waals surface area (Å²) < 4.78 is 17.7. The number of rotatable bonds is 11. The predicted octanol–water partition coefficient (Wildman–Crippen LogP) is -0.430. The number of aliphatic hydroxyl groups excluding tert-OH is 5. The Hall–Kier alpha value is -4.37. The number of ether oxygens (including phenoxy) is 3. The SMILES string of the molecule is NC(N)=NCc1c(CCc2ccccc2)c2c(c(OCCO)c1O[C@H]1O[C@@H](CO)[C@H](O)[C@@H](O)[C@@H]1O)C(=O)c1ccccc1C2=O. The highest BCUT2D eigenvalue weighted by Gasteiger charge is 2.46. The molecule has 1 aliphatic heterocycles. The number of aryl methyl sites for hydroxylation is 1. The molecule has 3 aromatic carbocycles. The van der Waals surface area contributed by atoms with Crippen LogP contribution < -0.4 is 20.9 Å². The highest BCUT2D eigenvalue weighted by Crippen LogP contribution is 2.46. The third-order valence-electron chi connectivity index (χ3n) is 7.84. The zero-order valence-corrected chi connectivity index (χ0v) is 24.2. The second-order valence-corrected chi connectivity index (χ2v) is 10.7. The Balaban J connectivity index is 1.78. The monoisotopic (exact) mass is 621 g/mol. The molecular formula is C32H35N3O10. The van der Waals surface area contributed by atoms with Crippen molar-refractivity contribution in [2.45, 2.75) is 50.1 Å². The first-order valence-corrected chi connectivity index (χ1v) is 14.4. The molecule has 0 spiro atoms. The van der Waals surface area contributed by atoms with E-state index in [0.717, 1.165) is 5.56 Å². The molecule has 1 fully saturated rings. The van der Waals surface area contributed by atoms with Crippen LogP contribution in [0.2, 0.25) is 0 Å². The number of aliphatic hydroxyl groups is 5. The van der Waals surface area contributed by atoms with Crippen LogP contribution in [-0.2, 0) is 24.1 Å². The summed E-state index contributed by atoms with van der Waals surface area (Å²) in [5.41, 5.74) is 13.2. The van der Waals surface area contributed by atoms with Gasteiger partial charge in [-0.25, -0.2) is 4.99 Å². The van der Waals surface area contributed by atoms with Crippen molar-refractivity contribution >= 4 is 17.5 Å². The Bertz CT molecular complexity index is 1590. The van der Waals surface area contributed by atoms with Crippen LogP contribution in [0.4, 0.5) is 0 Å². The number of nitrogens with two attached hydrogens (primary N) is 2. The van der Waals surface area contributed by atoms with Crippen LogP contribution >= 0.6 is 0 Å². The van der Waals surface area contributed by atoms with Gasteiger partial charge in [0, 0.05) is 22.3 Å². The second-order valence-electron chi connectivity index (χ2n) is 10.7. The van der Waals surface area contributed by atoms with Gasteiger partial charge in [-0.1, -0.05) is 54.6 Å². The Morgan fingerprint density at radius 2 is 1.44 bits per heavy atom. The van der Waals surface area contributed by atoms with E-state index >= 15 is 0 Å². The van der Waals surface area contributed by atoms with Gasteiger partial charge >= 0.3 is 0 Å². The number of ketones is 2. The number of carbonyl (C=O) groups is 2. The van der Waals surface area contributed by atoms with E-state index in [4.69, 9.17) is 25.7 Å². The van der Waals surface area contributed by atoms with Crippen molar-refractivity contribution < 1.29 is 49.3 Å². The van der Waals surface area contributed by atoms with Crippen molar-refractivity contribution in [2.24, 2.45) is 16.5 Å². The number of carbonyl (C=O) groups excluding carboxylic acids is 2. The lowest BCUT2D eigenvalue weighted by Crippen LogP contribution is -2.60. The average Bonchev–Trinajstić information content (AvgIpc) is 3.05. The van der Waals surface area contributed by atoms with Crippen molar-refractivity contribution in [2.75, 3.05) is 19.8 Å². The minimum atomic E-state index is -1.81. The maximum Gasteiger partial charge on any atom is 0.229 e. The number of hydrogen-bond acceptors (Lipinski definition) is 11. The van der Waals surface area contributed by atoms with Crippen molar-refractivity contribution in [3.05, 3.63) is 93.5 Å². The number of aliphatic imine (C=N–C) groups is 1. The zero-order chi connectivity index (χ0) is 32.2. The van der Waals surface area contributed by atoms with Gasteiger partial charge in [-0.3, -0.25) is 9.59 Å². The standard InChI is InChI=1S/C32H35N3O10/c33-32(34)35-14-20-17(11-10-16-6-2-1-3-7-16)22-23(25(39)19-9-5-4-8-18(19)24(22)38)30(43-13-12-36)29(20)45-31-28(42)27(41)26(40)21(15-37)44-31/h1-9,21,26-28,31,36-37,40-42H,10-15H2,(H4,33,34,35)/t21-,26-,27+,28-,31+/m0/s1. The van der Waals surface area contributed by atoms with E-state index < -0.39 is 55.5 Å². The lowest BCUT2D eigenvalue weighted by Gasteiger charge is -2.40. The molecule has 0 aromatic heterocycles. The molecule has 0 unspecified atom stereocenters. The molecule has 238 valence electrons. The van der Waals surface area contributed by atoms with Gasteiger partial charge < -0.3 is 51.2 Å². The van der Waals surface area contributed by atoms with Gasteiger partial charge in [-0.15, -0.1) is 0 Å². The minimum Gasteiger partial charge on any atom is -0.486 e. The molecule has 2 aliphatic rings. The maximum atomic E-state index is 14.2. The number of fused-ring (bicyclic) bond motifs is 2. The van der Waals surface area contributed by atoms with E-state index in [0.29, 0.717) is 12.0 Å². The highest BCUT2D eigenvalue weighted by molar-refractivity contribution is 6.30. The lowest BCUT2D eigenvalue weighted by atomic mass is 9.78. The minimum absolute atomic E-state index is 0.0597. The molecule has 1 heterocycles. The molecule has 5 rings (SSSR count). The Morgan fingerprint density at radius 1 is 0.800 bits per heavy atom. The van der Waals surface area contributed by atoms with Crippen molar-refractivity contribution in [1.82, 2.24) is 0 Å². The lowest BCUT2D eigenvalue weighted by molar-refractivity contribution is -0.277. The molecule has 1 aliphatic carbocycles. The summed E-state index contributed by atoms with van der Waals surface area (Å²) in [4.78, 5) is 32.5. The molecule has 45 heavy (non-hydrogen) atoms. The number of nitrogens with zero attached hydrogens (tertiary/aromatic N) is 1. The van der Waals surface area contributed by atoms with Gasteiger partial charge in [-0.05, 0) is 24.0 Å². The fourth-order valence-corrected chi connectivity index (χ4v) is 5.64. The van der Waals surface area contributed by atoms with E-state index in [9.17, 15) is 35.1 Å². The molecular weight excluding hydrogens is 586 g/mol. The third-order valence-corrected chi connectivity index (χ3v) is 7.84. The maximum absolute atomic E-state index is 14.2. The van der Waals surface area contributed by atoms with Gasteiger partial charge in [0.05, 0.1) is 25.3 Å². The summed E-state index contributed by atoms with van der Waals surface area (Å²) in [6.07, 6.45) is -7.58. The number of guanidine groups is 1. The Labute approximate surface area is 258 Å². The molecule has 3 aromatic rings. The Kier molecular flexibility index (Phi) is 9.77. The average molecular weight is 622 g/mol. The molecule has 1 saturated heterocycles. The number of benzene rings is 3. The largest absolute Gasteiger partial charge is 0.486 e. The summed E-state index contributed by atoms with van der Waals surface area (Å²) in [6.45, 7) is -1.75. The fraction of sp³-hybridized carbons (Fsp3) is 0.344. The van der Waals surface area contributed by atoms with Crippen LogP contribution in [0, 0.1) is 0 Å². The summed E-state index contributed by atoms with van der Waals surface area (Å²) in [6, 6.07) is 15.8. The molecule has 5 atom stereocenters. The van der Waals surface area contributed by atoms with Gasteiger partial charge in [-0.2, -0.15) is 0 Å². The third kappa shape index (κ3) is 6.27. The van der Waals surface area contributed by atoms with Crippen LogP contribution in [-0.4, -0.2) is 93.6 Å². The van der Waals surface area contributed by atoms with Gasteiger partial charge in [0.25, 0.3) is 0 Å². The predicted molar refractivity (Wildman–Crippen MR) is 160 cm³/mol. The van der Waals surface area contributed by atoms with Crippen LogP contribution in [0.25, 0.3) is 0 Å². The summed E-state index contributed by atoms with van der Waals surface area (Å²) >= 11 is 0. The molecule has 0 saturated carbocycles. The first-order valence-electron chi connectivity index (χ1n) is 14.4. The quantitative estimate of drug-likeness (QED) is 0.0836. The normalized spacial score (nSPS) is 22.4. The number of hydrogen-bond donors (Lipinski definition) is 7. The van der Waals surface area contributed by atoms with Gasteiger partial charge in [0.15, 0.2) is 29.0 Å². The smallest absolute Gasteiger partial charge is 0.229 e. The zero-order valence-electron chi connectivity index (χ0n) is 24.2. The van der Waals surface area contributed by atoms with Crippen LogP contribution in [0.5, 0.6) is 11.5 Å². The van der Waals surface area contributed by atoms with E-state index in [2.05, 4.69) is 4.99 Å². The highest BCUT2D eigenvalue weighted by atomic mass is 16.7. The van der Waals surface area contributed by atoms with E-state index in [-0.39, 0.29) is 64.8 Å². The molecule has 0 radical (unpaired) electrons. The Morgan fingerprint density at radius 3 is 2.07 bits per heavy atom. The van der Waals surface area contributed by atoms with Crippen molar-refractivity contribution in [1.29, 1.82) is 0 Å². The summed E-state index contributed by atoms with van der Waals surface area (Å²) in [7, 11) is 0. The van der Waals surface area contributed by atoms with Crippen molar-refractivity contribution in [3.8, 4) is 11.5 Å². The molecule has 9 N–H and O–H groups in total. The van der Waals surface area contributed by atoms with E-state index in [1.54, 1.807) is 18.2 Å². The van der Waals surface area contributed by atoms with Crippen LogP contribution in [0.1, 0.15) is 48.5 Å². The van der Waals surface area contributed by atoms with Gasteiger partial charge in [0.2, 0.25) is 6.29 Å². The molecule has 0 amide bonds. The second kappa shape index (κ2) is 13.7. The van der Waals surface area contributed by atoms with Crippen molar-refractivity contribution in [3.63, 3.8) is 0 Å². The molecule has 13 heteroatoms. The van der Waals surface area contributed by atoms with E-state index in [1.807, 2.05) is 30.3 Å². The van der Waals surface area contributed by atoms with Crippen LogP contribution in [0.15, 0.2) is 59.6 Å². The molecule has 13 nitrogen and oxygen atoms in total. The first kappa shape index (κ1) is 32.0.